The number of carbonyl (C=O) groups excluding carboxylic acids is 4. The maximum atomic E-state index is 12.6. The minimum absolute atomic E-state index is 0. The van der Waals surface area contributed by atoms with E-state index >= 15 is 0 Å². The summed E-state index contributed by atoms with van der Waals surface area (Å²) in [5.74, 6) is -3.43. The second kappa shape index (κ2) is 5.46. The van der Waals surface area contributed by atoms with Crippen molar-refractivity contribution in [1.29, 1.82) is 0 Å². The fraction of sp³-hybridized carbons (Fsp3) is 0.286. The molecule has 106 valence electrons. The van der Waals surface area contributed by atoms with Crippen molar-refractivity contribution in [3.63, 3.8) is 0 Å². The predicted molar refractivity (Wildman–Crippen MR) is 75.7 cm³/mol. The van der Waals surface area contributed by atoms with Gasteiger partial charge in [-0.1, -0.05) is 24.3 Å². The minimum atomic E-state index is -1.60. The molecule has 0 aliphatic heterocycles. The number of Topliss-reactive ketones (excluding diaryl/α,β-unsaturated/α-hetero) is 3. The van der Waals surface area contributed by atoms with Crippen LogP contribution in [0.2, 0.25) is 0 Å². The van der Waals surface area contributed by atoms with Gasteiger partial charge in [0.1, 0.15) is 11.2 Å². The average molecular weight is 315 g/mol. The van der Waals surface area contributed by atoms with E-state index in [1.807, 2.05) is 0 Å². The molecule has 1 unspecified atom stereocenters. The fourth-order valence-electron chi connectivity index (χ4n) is 2.67. The summed E-state index contributed by atoms with van der Waals surface area (Å²) in [5.41, 5.74) is -0.547. The molecule has 0 radical (unpaired) electrons. The Morgan fingerprint density at radius 3 is 1.75 bits per heavy atom. The van der Waals surface area contributed by atoms with Crippen LogP contribution in [0.4, 0.5) is 0 Å². The Kier molecular flexibility index (Phi) is 4.52. The van der Waals surface area contributed by atoms with E-state index in [0.717, 1.165) is 6.92 Å². The highest BCUT2D eigenvalue weighted by Crippen LogP contribution is 2.49. The Labute approximate surface area is 127 Å². The zero-order chi connectivity index (χ0) is 14.4. The lowest BCUT2D eigenvalue weighted by atomic mass is 9.69. The van der Waals surface area contributed by atoms with E-state index in [0.29, 0.717) is 11.1 Å². The van der Waals surface area contributed by atoms with E-state index in [2.05, 4.69) is 0 Å². The van der Waals surface area contributed by atoms with E-state index < -0.39 is 33.9 Å². The molecule has 0 N–H and O–H groups in total. The first kappa shape index (κ1) is 16.5. The fourth-order valence-corrected chi connectivity index (χ4v) is 2.92. The van der Waals surface area contributed by atoms with E-state index in [1.54, 1.807) is 24.3 Å². The Bertz CT molecular complexity index is 575. The molecule has 6 heteroatoms. The van der Waals surface area contributed by atoms with Crippen molar-refractivity contribution in [2.75, 3.05) is 0 Å². The van der Waals surface area contributed by atoms with Crippen molar-refractivity contribution < 1.29 is 19.2 Å². The van der Waals surface area contributed by atoms with Gasteiger partial charge in [0.25, 0.3) is 0 Å². The molecule has 0 aromatic carbocycles. The van der Waals surface area contributed by atoms with Gasteiger partial charge in [0, 0.05) is 0 Å². The molecule has 20 heavy (non-hydrogen) atoms. The third-order valence-corrected chi connectivity index (χ3v) is 3.76. The first-order chi connectivity index (χ1) is 8.83. The molecule has 4 nitrogen and oxygen atoms in total. The Morgan fingerprint density at radius 1 is 1.05 bits per heavy atom. The van der Waals surface area contributed by atoms with Gasteiger partial charge in [-0.15, -0.1) is 12.4 Å². The monoisotopic (exact) mass is 314 g/mol. The predicted octanol–water partition coefficient (Wildman–Crippen LogP) is 1.96. The molecule has 2 rings (SSSR count). The molecule has 0 aromatic heterocycles. The molecule has 2 aliphatic rings. The van der Waals surface area contributed by atoms with Crippen LogP contribution in [-0.4, -0.2) is 22.6 Å². The van der Waals surface area contributed by atoms with Crippen LogP contribution in [0.1, 0.15) is 13.8 Å². The molecule has 0 saturated carbocycles. The molecule has 2 bridgehead atoms. The number of halogens is 2. The van der Waals surface area contributed by atoms with Crippen molar-refractivity contribution >= 4 is 46.6 Å². The normalized spacial score (nSPS) is 18.8. The third kappa shape index (κ3) is 2.00. The molecule has 0 fully saturated rings. The summed E-state index contributed by atoms with van der Waals surface area (Å²) in [7, 11) is 0. The van der Waals surface area contributed by atoms with Crippen LogP contribution in [-0.2, 0) is 19.2 Å². The number of hydrogen-bond donors (Lipinski definition) is 0. The van der Waals surface area contributed by atoms with E-state index in [4.69, 9.17) is 11.6 Å². The average Bonchev–Trinajstić information content (AvgIpc) is 2.82. The van der Waals surface area contributed by atoms with Crippen molar-refractivity contribution in [2.45, 2.75) is 13.8 Å². The third-order valence-electron chi connectivity index (χ3n) is 3.54. The highest BCUT2D eigenvalue weighted by molar-refractivity contribution is 6.68. The summed E-state index contributed by atoms with van der Waals surface area (Å²) in [6.07, 6.45) is 6.57. The molecule has 1 atom stereocenters. The first-order valence-electron chi connectivity index (χ1n) is 5.69. The largest absolute Gasteiger partial charge is 0.299 e. The van der Waals surface area contributed by atoms with E-state index in [-0.39, 0.29) is 12.4 Å². The van der Waals surface area contributed by atoms with Gasteiger partial charge < -0.3 is 0 Å². The lowest BCUT2D eigenvalue weighted by Crippen LogP contribution is -2.45. The standard InChI is InChI=1S/C14H11ClO4.ClH/c1-7(16)11(13(15)19)12(18)14(8(2)17)9-3-4-10(14)6-5-9;/h3-6,11H,1-2H3;1H. The molecule has 0 heterocycles. The van der Waals surface area contributed by atoms with Crippen molar-refractivity contribution in [1.82, 2.24) is 0 Å². The lowest BCUT2D eigenvalue weighted by molar-refractivity contribution is -0.142. The highest BCUT2D eigenvalue weighted by Gasteiger charge is 2.56. The van der Waals surface area contributed by atoms with E-state index in [1.165, 1.54) is 6.92 Å². The highest BCUT2D eigenvalue weighted by atomic mass is 35.5. The second-order valence-corrected chi connectivity index (χ2v) is 4.97. The smallest absolute Gasteiger partial charge is 0.239 e. The second-order valence-electron chi connectivity index (χ2n) is 4.60. The molecule has 0 aromatic rings. The van der Waals surface area contributed by atoms with Gasteiger partial charge in [-0.3, -0.25) is 19.2 Å². The zero-order valence-electron chi connectivity index (χ0n) is 10.8. The van der Waals surface area contributed by atoms with Gasteiger partial charge in [0.05, 0.1) is 0 Å². The molecule has 2 aliphatic carbocycles. The van der Waals surface area contributed by atoms with Gasteiger partial charge >= 0.3 is 0 Å². The van der Waals surface area contributed by atoms with Gasteiger partial charge in [0.15, 0.2) is 17.5 Å². The van der Waals surface area contributed by atoms with Gasteiger partial charge in [0.2, 0.25) is 5.24 Å². The van der Waals surface area contributed by atoms with E-state index in [9.17, 15) is 19.2 Å². The molecule has 0 saturated heterocycles. The SMILES string of the molecule is CC(=O)C(C(=O)Cl)C(=O)C1(C(C)=O)C2=CC=C1C=C2.Cl. The molecular weight excluding hydrogens is 303 g/mol. The van der Waals surface area contributed by atoms with Crippen molar-refractivity contribution in [3.8, 4) is 0 Å². The minimum Gasteiger partial charge on any atom is -0.299 e. The lowest BCUT2D eigenvalue weighted by Gasteiger charge is -2.27. The summed E-state index contributed by atoms with van der Waals surface area (Å²) >= 11 is 5.34. The van der Waals surface area contributed by atoms with Crippen molar-refractivity contribution in [2.24, 2.45) is 11.3 Å². The number of carbonyl (C=O) groups is 4. The maximum absolute atomic E-state index is 12.6. The van der Waals surface area contributed by atoms with Gasteiger partial charge in [-0.05, 0) is 36.6 Å². The molecule has 0 spiro atoms. The van der Waals surface area contributed by atoms with Crippen LogP contribution in [0.15, 0.2) is 35.5 Å². The summed E-state index contributed by atoms with van der Waals surface area (Å²) in [4.78, 5) is 47.4. The van der Waals surface area contributed by atoms with Crippen LogP contribution in [0.5, 0.6) is 0 Å². The topological polar surface area (TPSA) is 68.3 Å². The van der Waals surface area contributed by atoms with Crippen LogP contribution in [0, 0.1) is 11.3 Å². The van der Waals surface area contributed by atoms with Crippen LogP contribution < -0.4 is 0 Å². The van der Waals surface area contributed by atoms with Crippen molar-refractivity contribution in [3.05, 3.63) is 35.5 Å². The van der Waals surface area contributed by atoms with Crippen LogP contribution >= 0.6 is 24.0 Å². The quantitative estimate of drug-likeness (QED) is 0.574. The maximum Gasteiger partial charge on any atom is 0.239 e. The number of fused-ring (bicyclic) bond motifs is 2. The van der Waals surface area contributed by atoms with Gasteiger partial charge in [-0.2, -0.15) is 0 Å². The summed E-state index contributed by atoms with van der Waals surface area (Å²) in [6.45, 7) is 2.39. The Morgan fingerprint density at radius 2 is 1.50 bits per heavy atom. The number of rotatable bonds is 5. The Balaban J connectivity index is 0.00000200. The number of hydrogen-bond acceptors (Lipinski definition) is 4. The number of allylic oxidation sites excluding steroid dienone is 6. The van der Waals surface area contributed by atoms with Crippen LogP contribution in [0.25, 0.3) is 0 Å². The Hall–Kier alpha value is -1.52. The summed E-state index contributed by atoms with van der Waals surface area (Å²) < 4.78 is 0. The first-order valence-corrected chi connectivity index (χ1v) is 6.07. The summed E-state index contributed by atoms with van der Waals surface area (Å²) in [5, 5.41) is -1.05. The molecular formula is C14H12Cl2O4. The van der Waals surface area contributed by atoms with Crippen LogP contribution in [0.3, 0.4) is 0 Å². The molecule has 0 amide bonds. The number of ketones is 3. The summed E-state index contributed by atoms with van der Waals surface area (Å²) in [6, 6.07) is 0. The zero-order valence-corrected chi connectivity index (χ0v) is 12.4. The van der Waals surface area contributed by atoms with Gasteiger partial charge in [-0.25, -0.2) is 0 Å².